The summed E-state index contributed by atoms with van der Waals surface area (Å²) >= 11 is 0. The van der Waals surface area contributed by atoms with Crippen LogP contribution in [0.3, 0.4) is 0 Å². The molecule has 1 aliphatic heterocycles. The van der Waals surface area contributed by atoms with E-state index in [-0.39, 0.29) is 29.7 Å². The van der Waals surface area contributed by atoms with Gasteiger partial charge in [0.1, 0.15) is 11.8 Å². The summed E-state index contributed by atoms with van der Waals surface area (Å²) < 4.78 is 5.25. The lowest BCUT2D eigenvalue weighted by Crippen LogP contribution is -2.52. The topological polar surface area (TPSA) is 75.7 Å². The van der Waals surface area contributed by atoms with Crippen molar-refractivity contribution in [2.24, 2.45) is 5.92 Å². The van der Waals surface area contributed by atoms with Crippen molar-refractivity contribution in [2.45, 2.75) is 65.5 Å². The Labute approximate surface area is 138 Å². The number of imide groups is 1. The molecular weight excluding hydrogens is 296 g/mol. The second-order valence-electron chi connectivity index (χ2n) is 6.20. The lowest BCUT2D eigenvalue weighted by Gasteiger charge is -2.29. The van der Waals surface area contributed by atoms with Crippen LogP contribution < -0.4 is 5.32 Å². The highest BCUT2D eigenvalue weighted by atomic mass is 16.5. The van der Waals surface area contributed by atoms with E-state index in [1.54, 1.807) is 6.92 Å². The highest BCUT2D eigenvalue weighted by Gasteiger charge is 2.40. The smallest absolute Gasteiger partial charge is 0.257 e. The molecule has 1 N–H and O–H groups in total. The molecule has 130 valence electrons. The van der Waals surface area contributed by atoms with Crippen LogP contribution in [0.5, 0.6) is 0 Å². The molecule has 0 spiro atoms. The fourth-order valence-electron chi connectivity index (χ4n) is 2.73. The van der Waals surface area contributed by atoms with Crippen molar-refractivity contribution in [3.63, 3.8) is 0 Å². The van der Waals surface area contributed by atoms with E-state index >= 15 is 0 Å². The quantitative estimate of drug-likeness (QED) is 0.741. The average molecular weight is 324 g/mol. The largest absolute Gasteiger partial charge is 0.499 e. The number of hydrogen-bond donors (Lipinski definition) is 1. The number of methoxy groups -OCH3 is 1. The standard InChI is InChI=1S/C17H28N2O4/c1-6-8-13-14(23-5)10-16(21)19(13)17(22)12(9-11(3)4)18-15(20)7-2/h10-13H,6-9H2,1-5H3,(H,18,20)/t12-,13-/m1/s1. The Morgan fingerprint density at radius 2 is 2.00 bits per heavy atom. The van der Waals surface area contributed by atoms with Gasteiger partial charge in [-0.05, 0) is 18.8 Å². The molecule has 3 amide bonds. The second kappa shape index (κ2) is 8.70. The third-order valence-corrected chi connectivity index (χ3v) is 3.84. The molecule has 0 bridgehead atoms. The summed E-state index contributed by atoms with van der Waals surface area (Å²) in [6, 6.07) is -1.06. The van der Waals surface area contributed by atoms with Gasteiger partial charge in [0.2, 0.25) is 5.91 Å². The van der Waals surface area contributed by atoms with Gasteiger partial charge < -0.3 is 10.1 Å². The molecule has 6 heteroatoms. The summed E-state index contributed by atoms with van der Waals surface area (Å²) in [6.45, 7) is 7.68. The zero-order chi connectivity index (χ0) is 17.6. The lowest BCUT2D eigenvalue weighted by atomic mass is 10.0. The van der Waals surface area contributed by atoms with Crippen LogP contribution in [0.1, 0.15) is 53.4 Å². The lowest BCUT2D eigenvalue weighted by molar-refractivity contribution is -0.146. The van der Waals surface area contributed by atoms with Crippen molar-refractivity contribution >= 4 is 17.7 Å². The van der Waals surface area contributed by atoms with Crippen molar-refractivity contribution < 1.29 is 19.1 Å². The van der Waals surface area contributed by atoms with Crippen molar-refractivity contribution in [3.05, 3.63) is 11.8 Å². The molecule has 0 aromatic carbocycles. The zero-order valence-electron chi connectivity index (χ0n) is 14.7. The minimum absolute atomic E-state index is 0.192. The summed E-state index contributed by atoms with van der Waals surface area (Å²) in [5.74, 6) is -0.187. The number of carbonyl (C=O) groups excluding carboxylic acids is 3. The number of rotatable bonds is 8. The SMILES string of the molecule is CCC[C@@H]1C(OC)=CC(=O)N1C(=O)[C@@H](CC(C)C)NC(=O)CC. The Morgan fingerprint density at radius 3 is 2.48 bits per heavy atom. The molecule has 23 heavy (non-hydrogen) atoms. The molecule has 1 rings (SSSR count). The van der Waals surface area contributed by atoms with E-state index in [2.05, 4.69) is 5.32 Å². The molecular formula is C17H28N2O4. The van der Waals surface area contributed by atoms with E-state index in [0.717, 1.165) is 6.42 Å². The first-order valence-electron chi connectivity index (χ1n) is 8.27. The number of amides is 3. The van der Waals surface area contributed by atoms with Crippen molar-refractivity contribution in [2.75, 3.05) is 7.11 Å². The molecule has 1 aliphatic rings. The van der Waals surface area contributed by atoms with Gasteiger partial charge in [0.15, 0.2) is 0 Å². The van der Waals surface area contributed by atoms with Gasteiger partial charge in [0.05, 0.1) is 13.2 Å². The van der Waals surface area contributed by atoms with Crippen LogP contribution in [0.15, 0.2) is 11.8 Å². The van der Waals surface area contributed by atoms with Gasteiger partial charge in [-0.1, -0.05) is 34.1 Å². The predicted octanol–water partition coefficient (Wildman–Crippen LogP) is 2.00. The van der Waals surface area contributed by atoms with E-state index < -0.39 is 6.04 Å². The van der Waals surface area contributed by atoms with Gasteiger partial charge in [-0.15, -0.1) is 0 Å². The summed E-state index contributed by atoms with van der Waals surface area (Å²) in [4.78, 5) is 38.1. The first-order valence-corrected chi connectivity index (χ1v) is 8.27. The Balaban J connectivity index is 3.00. The minimum Gasteiger partial charge on any atom is -0.499 e. The average Bonchev–Trinajstić information content (AvgIpc) is 2.81. The van der Waals surface area contributed by atoms with Crippen molar-refractivity contribution in [1.82, 2.24) is 10.2 Å². The second-order valence-corrected chi connectivity index (χ2v) is 6.20. The normalized spacial score (nSPS) is 18.9. The molecule has 0 aromatic rings. The number of nitrogens with zero attached hydrogens (tertiary/aromatic N) is 1. The Hall–Kier alpha value is -1.85. The van der Waals surface area contributed by atoms with Crippen LogP contribution >= 0.6 is 0 Å². The van der Waals surface area contributed by atoms with E-state index in [1.807, 2.05) is 20.8 Å². The number of nitrogens with one attached hydrogen (secondary N) is 1. The highest BCUT2D eigenvalue weighted by Crippen LogP contribution is 2.26. The molecule has 0 aromatic heterocycles. The first kappa shape index (κ1) is 19.2. The zero-order valence-corrected chi connectivity index (χ0v) is 14.7. The first-order chi connectivity index (χ1) is 10.8. The Morgan fingerprint density at radius 1 is 1.35 bits per heavy atom. The van der Waals surface area contributed by atoms with Crippen LogP contribution in [0.2, 0.25) is 0 Å². The fourth-order valence-corrected chi connectivity index (χ4v) is 2.73. The van der Waals surface area contributed by atoms with E-state index in [1.165, 1.54) is 18.1 Å². The molecule has 6 nitrogen and oxygen atoms in total. The number of ether oxygens (including phenoxy) is 1. The Bertz CT molecular complexity index is 485. The number of hydrogen-bond acceptors (Lipinski definition) is 4. The van der Waals surface area contributed by atoms with Gasteiger partial charge >= 0.3 is 0 Å². The maximum Gasteiger partial charge on any atom is 0.257 e. The number of carbonyl (C=O) groups is 3. The molecule has 0 unspecified atom stereocenters. The van der Waals surface area contributed by atoms with Crippen LogP contribution in [-0.4, -0.2) is 41.8 Å². The third-order valence-electron chi connectivity index (χ3n) is 3.84. The van der Waals surface area contributed by atoms with Gasteiger partial charge in [0, 0.05) is 12.5 Å². The van der Waals surface area contributed by atoms with Gasteiger partial charge in [-0.3, -0.25) is 19.3 Å². The van der Waals surface area contributed by atoms with Gasteiger partial charge in [-0.2, -0.15) is 0 Å². The molecule has 0 aliphatic carbocycles. The predicted molar refractivity (Wildman–Crippen MR) is 87.3 cm³/mol. The summed E-state index contributed by atoms with van der Waals surface area (Å²) in [5, 5.41) is 2.74. The molecule has 0 saturated carbocycles. The molecule has 0 saturated heterocycles. The third kappa shape index (κ3) is 4.81. The summed E-state index contributed by atoms with van der Waals surface area (Å²) in [6.07, 6.45) is 3.63. The molecule has 2 atom stereocenters. The summed E-state index contributed by atoms with van der Waals surface area (Å²) in [7, 11) is 1.50. The molecule has 0 fully saturated rings. The maximum absolute atomic E-state index is 12.9. The highest BCUT2D eigenvalue weighted by molar-refractivity contribution is 6.06. The van der Waals surface area contributed by atoms with E-state index in [4.69, 9.17) is 4.74 Å². The minimum atomic E-state index is -0.685. The summed E-state index contributed by atoms with van der Waals surface area (Å²) in [5.41, 5.74) is 0. The van der Waals surface area contributed by atoms with E-state index in [9.17, 15) is 14.4 Å². The van der Waals surface area contributed by atoms with Crippen LogP contribution in [0.25, 0.3) is 0 Å². The molecule has 1 heterocycles. The van der Waals surface area contributed by atoms with Crippen molar-refractivity contribution in [1.29, 1.82) is 0 Å². The fraction of sp³-hybridized carbons (Fsp3) is 0.706. The monoisotopic (exact) mass is 324 g/mol. The van der Waals surface area contributed by atoms with Crippen LogP contribution in [0, 0.1) is 5.92 Å². The van der Waals surface area contributed by atoms with Gasteiger partial charge in [-0.25, -0.2) is 0 Å². The molecule has 0 radical (unpaired) electrons. The maximum atomic E-state index is 12.9. The van der Waals surface area contributed by atoms with Gasteiger partial charge in [0.25, 0.3) is 11.8 Å². The van der Waals surface area contributed by atoms with Crippen molar-refractivity contribution in [3.8, 4) is 0 Å². The van der Waals surface area contributed by atoms with Crippen LogP contribution in [-0.2, 0) is 19.1 Å². The van der Waals surface area contributed by atoms with Crippen LogP contribution in [0.4, 0.5) is 0 Å². The van der Waals surface area contributed by atoms with E-state index in [0.29, 0.717) is 25.0 Å². The Kier molecular flexibility index (Phi) is 7.26.